The second-order valence-electron chi connectivity index (χ2n) is 6.18. The molecule has 0 unspecified atom stereocenters. The molecule has 2 aromatic rings. The average molecular weight is 342 g/mol. The van der Waals surface area contributed by atoms with Crippen LogP contribution in [0.15, 0.2) is 48.5 Å². The smallest absolute Gasteiger partial charge is 0.318 e. The third kappa shape index (κ3) is 4.72. The molecule has 0 spiro atoms. The van der Waals surface area contributed by atoms with Crippen molar-refractivity contribution in [1.82, 2.24) is 10.2 Å². The molecule has 2 amide bonds. The molecule has 0 radical (unpaired) electrons. The first-order valence-corrected chi connectivity index (χ1v) is 8.67. The van der Waals surface area contributed by atoms with Gasteiger partial charge < -0.3 is 15.0 Å². The van der Waals surface area contributed by atoms with Gasteiger partial charge in [0.25, 0.3) is 0 Å². The molecule has 0 atom stereocenters. The van der Waals surface area contributed by atoms with Crippen LogP contribution in [0.4, 0.5) is 9.18 Å². The van der Waals surface area contributed by atoms with Crippen molar-refractivity contribution in [1.29, 1.82) is 0 Å². The predicted octanol–water partition coefficient (Wildman–Crippen LogP) is 4.10. The highest BCUT2D eigenvalue weighted by molar-refractivity contribution is 5.75. The number of hydrogen-bond acceptors (Lipinski definition) is 2. The number of ether oxygens (including phenoxy) is 1. The molecule has 0 bridgehead atoms. The van der Waals surface area contributed by atoms with Gasteiger partial charge in [-0.1, -0.05) is 30.3 Å². The highest BCUT2D eigenvalue weighted by Gasteiger charge is 2.32. The van der Waals surface area contributed by atoms with Crippen molar-refractivity contribution in [2.75, 3.05) is 6.61 Å². The highest BCUT2D eigenvalue weighted by Crippen LogP contribution is 2.28. The molecular formula is C20H23FN2O2. The summed E-state index contributed by atoms with van der Waals surface area (Å²) in [6.45, 7) is 3.43. The topological polar surface area (TPSA) is 41.6 Å². The zero-order valence-electron chi connectivity index (χ0n) is 14.4. The van der Waals surface area contributed by atoms with E-state index < -0.39 is 0 Å². The third-order valence-electron chi connectivity index (χ3n) is 4.22. The minimum atomic E-state index is -0.265. The van der Waals surface area contributed by atoms with Gasteiger partial charge in [0, 0.05) is 24.7 Å². The normalized spacial score (nSPS) is 13.4. The molecule has 2 aromatic carbocycles. The molecule has 0 aliphatic heterocycles. The van der Waals surface area contributed by atoms with Crippen molar-refractivity contribution in [3.05, 3.63) is 65.5 Å². The Morgan fingerprint density at radius 1 is 1.20 bits per heavy atom. The van der Waals surface area contributed by atoms with E-state index in [9.17, 15) is 9.18 Å². The van der Waals surface area contributed by atoms with Crippen LogP contribution in [0.5, 0.6) is 5.75 Å². The first kappa shape index (κ1) is 17.3. The fraction of sp³-hybridized carbons (Fsp3) is 0.350. The number of carbonyl (C=O) groups is 1. The maximum atomic E-state index is 13.1. The Kier molecular flexibility index (Phi) is 5.53. The molecule has 5 heteroatoms. The Morgan fingerprint density at radius 2 is 1.92 bits per heavy atom. The molecule has 1 aliphatic rings. The molecule has 1 fully saturated rings. The van der Waals surface area contributed by atoms with Crippen LogP contribution in [0.25, 0.3) is 0 Å². The van der Waals surface area contributed by atoms with Crippen molar-refractivity contribution in [2.24, 2.45) is 0 Å². The van der Waals surface area contributed by atoms with Crippen molar-refractivity contribution in [3.8, 4) is 5.75 Å². The zero-order valence-corrected chi connectivity index (χ0v) is 14.4. The molecule has 4 nitrogen and oxygen atoms in total. The number of para-hydroxylation sites is 1. The van der Waals surface area contributed by atoms with Crippen LogP contribution in [0.3, 0.4) is 0 Å². The van der Waals surface area contributed by atoms with Crippen LogP contribution in [-0.4, -0.2) is 23.6 Å². The summed E-state index contributed by atoms with van der Waals surface area (Å²) < 4.78 is 18.7. The number of benzene rings is 2. The average Bonchev–Trinajstić information content (AvgIpc) is 3.45. The van der Waals surface area contributed by atoms with Crippen molar-refractivity contribution in [2.45, 2.75) is 38.9 Å². The molecule has 0 aromatic heterocycles. The minimum Gasteiger partial charge on any atom is -0.494 e. The molecule has 0 saturated heterocycles. The molecule has 3 rings (SSSR count). The van der Waals surface area contributed by atoms with E-state index >= 15 is 0 Å². The van der Waals surface area contributed by atoms with Gasteiger partial charge in [0.1, 0.15) is 11.6 Å². The van der Waals surface area contributed by atoms with Gasteiger partial charge in [-0.15, -0.1) is 0 Å². The number of carbonyl (C=O) groups excluding carboxylic acids is 1. The van der Waals surface area contributed by atoms with Crippen molar-refractivity contribution in [3.63, 3.8) is 0 Å². The van der Waals surface area contributed by atoms with Gasteiger partial charge in [0.2, 0.25) is 0 Å². The van der Waals surface area contributed by atoms with E-state index in [1.807, 2.05) is 36.1 Å². The Bertz CT molecular complexity index is 714. The summed E-state index contributed by atoms with van der Waals surface area (Å²) in [5.41, 5.74) is 1.88. The molecule has 25 heavy (non-hydrogen) atoms. The van der Waals surface area contributed by atoms with E-state index in [4.69, 9.17) is 4.74 Å². The van der Waals surface area contributed by atoms with E-state index in [0.29, 0.717) is 19.7 Å². The van der Waals surface area contributed by atoms with Crippen molar-refractivity contribution >= 4 is 6.03 Å². The van der Waals surface area contributed by atoms with Crippen LogP contribution in [0, 0.1) is 5.82 Å². The number of rotatable bonds is 7. The lowest BCUT2D eigenvalue weighted by atomic mass is 10.2. The third-order valence-corrected chi connectivity index (χ3v) is 4.22. The summed E-state index contributed by atoms with van der Waals surface area (Å²) in [4.78, 5) is 14.5. The van der Waals surface area contributed by atoms with E-state index in [1.54, 1.807) is 12.1 Å². The van der Waals surface area contributed by atoms with Gasteiger partial charge in [-0.2, -0.15) is 0 Å². The lowest BCUT2D eigenvalue weighted by Gasteiger charge is -2.23. The lowest BCUT2D eigenvalue weighted by Crippen LogP contribution is -2.40. The number of amides is 2. The summed E-state index contributed by atoms with van der Waals surface area (Å²) >= 11 is 0. The molecular weight excluding hydrogens is 319 g/mol. The summed E-state index contributed by atoms with van der Waals surface area (Å²) in [5, 5.41) is 2.98. The zero-order chi connectivity index (χ0) is 17.6. The Balaban J connectivity index is 1.63. The molecule has 0 heterocycles. The second-order valence-corrected chi connectivity index (χ2v) is 6.18. The van der Waals surface area contributed by atoms with Gasteiger partial charge in [0.15, 0.2) is 0 Å². The van der Waals surface area contributed by atoms with E-state index in [-0.39, 0.29) is 17.9 Å². The first-order valence-electron chi connectivity index (χ1n) is 8.67. The fourth-order valence-corrected chi connectivity index (χ4v) is 2.76. The predicted molar refractivity (Wildman–Crippen MR) is 94.8 cm³/mol. The largest absolute Gasteiger partial charge is 0.494 e. The Hall–Kier alpha value is -2.56. The monoisotopic (exact) mass is 342 g/mol. The van der Waals surface area contributed by atoms with Crippen molar-refractivity contribution < 1.29 is 13.9 Å². The first-order chi connectivity index (χ1) is 12.2. The van der Waals surface area contributed by atoms with Crippen LogP contribution >= 0.6 is 0 Å². The van der Waals surface area contributed by atoms with E-state index in [0.717, 1.165) is 29.7 Å². The summed E-state index contributed by atoms with van der Waals surface area (Å²) in [7, 11) is 0. The van der Waals surface area contributed by atoms with Gasteiger partial charge >= 0.3 is 6.03 Å². The Morgan fingerprint density at radius 3 is 2.60 bits per heavy atom. The van der Waals surface area contributed by atoms with Crippen LogP contribution in [0.1, 0.15) is 30.9 Å². The summed E-state index contributed by atoms with van der Waals surface area (Å²) in [6.07, 6.45) is 2.04. The number of halogens is 1. The number of urea groups is 1. The van der Waals surface area contributed by atoms with Gasteiger partial charge in [-0.05, 0) is 43.5 Å². The summed E-state index contributed by atoms with van der Waals surface area (Å²) in [5.74, 6) is 0.528. The van der Waals surface area contributed by atoms with Gasteiger partial charge in [-0.25, -0.2) is 9.18 Å². The lowest BCUT2D eigenvalue weighted by molar-refractivity contribution is 0.191. The summed E-state index contributed by atoms with van der Waals surface area (Å²) in [6, 6.07) is 14.2. The van der Waals surface area contributed by atoms with Gasteiger partial charge in [0.05, 0.1) is 6.61 Å². The number of hydrogen-bond donors (Lipinski definition) is 1. The minimum absolute atomic E-state index is 0.0990. The molecule has 1 N–H and O–H groups in total. The molecule has 1 aliphatic carbocycles. The van der Waals surface area contributed by atoms with E-state index in [1.165, 1.54) is 12.1 Å². The molecule has 132 valence electrons. The maximum absolute atomic E-state index is 13.1. The molecule has 1 saturated carbocycles. The number of nitrogens with zero attached hydrogens (tertiary/aromatic N) is 1. The highest BCUT2D eigenvalue weighted by atomic mass is 19.1. The van der Waals surface area contributed by atoms with Crippen LogP contribution in [0.2, 0.25) is 0 Å². The van der Waals surface area contributed by atoms with Crippen LogP contribution in [-0.2, 0) is 13.1 Å². The number of nitrogens with one attached hydrogen (secondary N) is 1. The van der Waals surface area contributed by atoms with Gasteiger partial charge in [-0.3, -0.25) is 0 Å². The SMILES string of the molecule is CCOc1ccccc1CNC(=O)N(Cc1ccc(F)cc1)C1CC1. The Labute approximate surface area is 147 Å². The fourth-order valence-electron chi connectivity index (χ4n) is 2.76. The maximum Gasteiger partial charge on any atom is 0.318 e. The van der Waals surface area contributed by atoms with E-state index in [2.05, 4.69) is 5.32 Å². The quantitative estimate of drug-likeness (QED) is 0.823. The standard InChI is InChI=1S/C20H23FN2O2/c1-2-25-19-6-4-3-5-16(19)13-22-20(24)23(18-11-12-18)14-15-7-9-17(21)10-8-15/h3-10,18H,2,11-14H2,1H3,(H,22,24). The second kappa shape index (κ2) is 8.01. The van der Waals surface area contributed by atoms with Crippen LogP contribution < -0.4 is 10.1 Å².